The molecule has 0 N–H and O–H groups in total. The van der Waals surface area contributed by atoms with Gasteiger partial charge in [-0.2, -0.15) is 0 Å². The fourth-order valence-electron chi connectivity index (χ4n) is 3.22. The van der Waals surface area contributed by atoms with E-state index < -0.39 is 5.63 Å². The number of carbonyl (C=O) groups is 1. The number of ether oxygens (including phenoxy) is 1. The topological polar surface area (TPSA) is 59.8 Å². The molecule has 0 radical (unpaired) electrons. The summed E-state index contributed by atoms with van der Waals surface area (Å²) in [4.78, 5) is 26.9. The highest BCUT2D eigenvalue weighted by molar-refractivity contribution is 5.97. The van der Waals surface area contributed by atoms with E-state index in [4.69, 9.17) is 9.15 Å². The number of methoxy groups -OCH3 is 1. The molecule has 1 aliphatic heterocycles. The third kappa shape index (κ3) is 2.96. The van der Waals surface area contributed by atoms with Gasteiger partial charge in [0.05, 0.1) is 7.11 Å². The third-order valence-corrected chi connectivity index (χ3v) is 4.53. The highest BCUT2D eigenvalue weighted by Crippen LogP contribution is 2.24. The van der Waals surface area contributed by atoms with Crippen molar-refractivity contribution in [1.29, 1.82) is 0 Å². The van der Waals surface area contributed by atoms with Crippen molar-refractivity contribution in [1.82, 2.24) is 4.90 Å². The van der Waals surface area contributed by atoms with Gasteiger partial charge in [-0.3, -0.25) is 4.79 Å². The van der Waals surface area contributed by atoms with E-state index in [-0.39, 0.29) is 17.5 Å². The van der Waals surface area contributed by atoms with E-state index >= 15 is 0 Å². The zero-order valence-electron chi connectivity index (χ0n) is 13.5. The number of rotatable bonds is 3. The first-order valence-corrected chi connectivity index (χ1v) is 8.07. The molecular formula is C18H21NO4. The highest BCUT2D eigenvalue weighted by atomic mass is 16.5. The first kappa shape index (κ1) is 15.6. The van der Waals surface area contributed by atoms with Crippen molar-refractivity contribution in [3.05, 3.63) is 40.2 Å². The van der Waals surface area contributed by atoms with Gasteiger partial charge in [-0.25, -0.2) is 4.79 Å². The zero-order valence-corrected chi connectivity index (χ0v) is 13.5. The van der Waals surface area contributed by atoms with Crippen LogP contribution >= 0.6 is 0 Å². The van der Waals surface area contributed by atoms with Crippen LogP contribution in [0.25, 0.3) is 11.0 Å². The van der Waals surface area contributed by atoms with Gasteiger partial charge in [0.15, 0.2) is 0 Å². The summed E-state index contributed by atoms with van der Waals surface area (Å²) < 4.78 is 10.5. The molecule has 0 spiro atoms. The monoisotopic (exact) mass is 315 g/mol. The number of piperidine rings is 1. The van der Waals surface area contributed by atoms with Crippen LogP contribution < -0.4 is 10.4 Å². The number of fused-ring (bicyclic) bond motifs is 1. The lowest BCUT2D eigenvalue weighted by atomic mass is 9.99. The Morgan fingerprint density at radius 1 is 1.35 bits per heavy atom. The maximum absolute atomic E-state index is 12.8. The van der Waals surface area contributed by atoms with Crippen LogP contribution in [-0.4, -0.2) is 30.5 Å². The van der Waals surface area contributed by atoms with Crippen molar-refractivity contribution < 1.29 is 13.9 Å². The Morgan fingerprint density at radius 3 is 2.91 bits per heavy atom. The van der Waals surface area contributed by atoms with Gasteiger partial charge in [0, 0.05) is 18.0 Å². The summed E-state index contributed by atoms with van der Waals surface area (Å²) in [6, 6.07) is 7.00. The van der Waals surface area contributed by atoms with E-state index in [9.17, 15) is 9.59 Å². The number of hydrogen-bond acceptors (Lipinski definition) is 4. The van der Waals surface area contributed by atoms with Crippen LogP contribution in [0.5, 0.6) is 5.75 Å². The highest BCUT2D eigenvalue weighted by Gasteiger charge is 2.28. The minimum absolute atomic E-state index is 0.103. The van der Waals surface area contributed by atoms with Crippen LogP contribution in [0.1, 0.15) is 43.0 Å². The van der Waals surface area contributed by atoms with Gasteiger partial charge >= 0.3 is 5.63 Å². The SMILES string of the molecule is CC[C@@H]1CCCCN1C(=O)c1cc2cc(OC)ccc2oc1=O. The van der Waals surface area contributed by atoms with E-state index in [2.05, 4.69) is 6.92 Å². The Bertz CT molecular complexity index is 780. The second-order valence-corrected chi connectivity index (χ2v) is 5.91. The molecule has 1 atom stereocenters. The normalized spacial score (nSPS) is 18.2. The van der Waals surface area contributed by atoms with E-state index in [1.165, 1.54) is 0 Å². The average molecular weight is 315 g/mol. The molecule has 0 saturated carbocycles. The summed E-state index contributed by atoms with van der Waals surface area (Å²) in [7, 11) is 1.58. The fraction of sp³-hybridized carbons (Fsp3) is 0.444. The molecule has 0 bridgehead atoms. The van der Waals surface area contributed by atoms with Crippen LogP contribution in [0.15, 0.2) is 33.5 Å². The van der Waals surface area contributed by atoms with Crippen molar-refractivity contribution in [3.63, 3.8) is 0 Å². The van der Waals surface area contributed by atoms with Gasteiger partial charge in [0.2, 0.25) is 0 Å². The Kier molecular flexibility index (Phi) is 4.37. The molecular weight excluding hydrogens is 294 g/mol. The van der Waals surface area contributed by atoms with Crippen LogP contribution in [0.2, 0.25) is 0 Å². The molecule has 2 aromatic rings. The second-order valence-electron chi connectivity index (χ2n) is 5.91. The van der Waals surface area contributed by atoms with E-state index in [0.29, 0.717) is 23.3 Å². The number of amides is 1. The van der Waals surface area contributed by atoms with Gasteiger partial charge < -0.3 is 14.1 Å². The summed E-state index contributed by atoms with van der Waals surface area (Å²) in [6.07, 6.45) is 4.01. The molecule has 3 rings (SSSR count). The number of likely N-dealkylation sites (tertiary alicyclic amines) is 1. The minimum atomic E-state index is -0.576. The first-order chi connectivity index (χ1) is 11.1. The van der Waals surface area contributed by atoms with Crippen molar-refractivity contribution >= 4 is 16.9 Å². The van der Waals surface area contributed by atoms with Gasteiger partial charge in [-0.1, -0.05) is 6.92 Å². The van der Waals surface area contributed by atoms with Crippen LogP contribution in [0, 0.1) is 0 Å². The third-order valence-electron chi connectivity index (χ3n) is 4.53. The van der Waals surface area contributed by atoms with Crippen molar-refractivity contribution in [2.24, 2.45) is 0 Å². The molecule has 122 valence electrons. The lowest BCUT2D eigenvalue weighted by Crippen LogP contribution is -2.44. The molecule has 2 heterocycles. The maximum atomic E-state index is 12.8. The molecule has 5 nitrogen and oxygen atoms in total. The number of benzene rings is 1. The minimum Gasteiger partial charge on any atom is -0.497 e. The molecule has 5 heteroatoms. The fourth-order valence-corrected chi connectivity index (χ4v) is 3.22. The Hall–Kier alpha value is -2.30. The van der Waals surface area contributed by atoms with Crippen molar-refractivity contribution in [3.8, 4) is 5.75 Å². The lowest BCUT2D eigenvalue weighted by molar-refractivity contribution is 0.0604. The van der Waals surface area contributed by atoms with Gasteiger partial charge in [0.25, 0.3) is 5.91 Å². The average Bonchev–Trinajstić information content (AvgIpc) is 2.60. The first-order valence-electron chi connectivity index (χ1n) is 8.07. The number of hydrogen-bond donors (Lipinski definition) is 0. The van der Waals surface area contributed by atoms with E-state index in [1.807, 2.05) is 4.90 Å². The Balaban J connectivity index is 2.02. The quantitative estimate of drug-likeness (QED) is 0.816. The van der Waals surface area contributed by atoms with Gasteiger partial charge in [-0.15, -0.1) is 0 Å². The Morgan fingerprint density at radius 2 is 2.17 bits per heavy atom. The summed E-state index contributed by atoms with van der Waals surface area (Å²) in [5.41, 5.74) is -0.0165. The van der Waals surface area contributed by atoms with Gasteiger partial charge in [-0.05, 0) is 49.9 Å². The summed E-state index contributed by atoms with van der Waals surface area (Å²) >= 11 is 0. The molecule has 1 saturated heterocycles. The summed E-state index contributed by atoms with van der Waals surface area (Å²) in [6.45, 7) is 2.77. The molecule has 1 aromatic carbocycles. The van der Waals surface area contributed by atoms with Crippen molar-refractivity contribution in [2.45, 2.75) is 38.6 Å². The number of nitrogens with zero attached hydrogens (tertiary/aromatic N) is 1. The van der Waals surface area contributed by atoms with Gasteiger partial charge in [0.1, 0.15) is 16.9 Å². The van der Waals surface area contributed by atoms with Crippen molar-refractivity contribution in [2.75, 3.05) is 13.7 Å². The standard InChI is InChI=1S/C18H21NO4/c1-3-13-6-4-5-9-19(13)17(20)15-11-12-10-14(22-2)7-8-16(12)23-18(15)21/h7-8,10-11,13H,3-6,9H2,1-2H3/t13-/m1/s1. The Labute approximate surface area is 134 Å². The largest absolute Gasteiger partial charge is 0.497 e. The molecule has 1 fully saturated rings. The smallest absolute Gasteiger partial charge is 0.349 e. The summed E-state index contributed by atoms with van der Waals surface area (Å²) in [5, 5.41) is 0.692. The maximum Gasteiger partial charge on any atom is 0.349 e. The molecule has 1 amide bonds. The second kappa shape index (κ2) is 6.44. The molecule has 1 aromatic heterocycles. The lowest BCUT2D eigenvalue weighted by Gasteiger charge is -2.35. The van der Waals surface area contributed by atoms with E-state index in [0.717, 1.165) is 25.7 Å². The predicted octanol–water partition coefficient (Wildman–Crippen LogP) is 3.21. The van der Waals surface area contributed by atoms with E-state index in [1.54, 1.807) is 31.4 Å². The predicted molar refractivity (Wildman–Crippen MR) is 88.0 cm³/mol. The van der Waals surface area contributed by atoms with Crippen LogP contribution in [0.3, 0.4) is 0 Å². The number of carbonyl (C=O) groups excluding carboxylic acids is 1. The summed E-state index contributed by atoms with van der Waals surface area (Å²) in [5.74, 6) is 0.434. The molecule has 1 aliphatic rings. The van der Waals surface area contributed by atoms with Crippen LogP contribution in [0.4, 0.5) is 0 Å². The van der Waals surface area contributed by atoms with Crippen LogP contribution in [-0.2, 0) is 0 Å². The molecule has 23 heavy (non-hydrogen) atoms. The molecule has 0 unspecified atom stereocenters. The molecule has 0 aliphatic carbocycles. The zero-order chi connectivity index (χ0) is 16.4.